The fraction of sp³-hybridized carbons (Fsp3) is 0.200. The second-order valence-electron chi connectivity index (χ2n) is 9.53. The molecule has 1 aliphatic rings. The minimum absolute atomic E-state index is 0.0947. The Labute approximate surface area is 224 Å². The van der Waals surface area contributed by atoms with Crippen molar-refractivity contribution in [2.75, 3.05) is 5.32 Å². The Morgan fingerprint density at radius 1 is 0.974 bits per heavy atom. The number of aryl methyl sites for hydroxylation is 1. The summed E-state index contributed by atoms with van der Waals surface area (Å²) in [6.07, 6.45) is 5.91. The summed E-state index contributed by atoms with van der Waals surface area (Å²) < 4.78 is 3.02. The average molecular weight is 522 g/mol. The van der Waals surface area contributed by atoms with Gasteiger partial charge in [0.1, 0.15) is 0 Å². The van der Waals surface area contributed by atoms with Crippen molar-refractivity contribution < 1.29 is 9.59 Å². The Balaban J connectivity index is 1.21. The van der Waals surface area contributed by atoms with E-state index in [1.54, 1.807) is 17.4 Å². The summed E-state index contributed by atoms with van der Waals surface area (Å²) >= 11 is 1.61. The van der Waals surface area contributed by atoms with E-state index < -0.39 is 0 Å². The van der Waals surface area contributed by atoms with Crippen molar-refractivity contribution in [1.82, 2.24) is 19.9 Å². The molecule has 2 aromatic heterocycles. The highest BCUT2D eigenvalue weighted by atomic mass is 32.1. The number of hydrogen-bond donors (Lipinski definition) is 2. The molecule has 1 aliphatic carbocycles. The van der Waals surface area contributed by atoms with Gasteiger partial charge in [-0.25, -0.2) is 9.97 Å². The summed E-state index contributed by atoms with van der Waals surface area (Å²) in [6, 6.07) is 23.9. The third-order valence-electron chi connectivity index (χ3n) is 6.58. The molecule has 38 heavy (non-hydrogen) atoms. The second-order valence-corrected chi connectivity index (χ2v) is 10.4. The highest BCUT2D eigenvalue weighted by Gasteiger charge is 2.23. The van der Waals surface area contributed by atoms with E-state index in [0.717, 1.165) is 45.6 Å². The molecule has 3 aromatic carbocycles. The summed E-state index contributed by atoms with van der Waals surface area (Å²) in [5.41, 5.74) is 7.02. The zero-order valence-corrected chi connectivity index (χ0v) is 21.6. The molecular formula is C30H27N5O2S. The average Bonchev–Trinajstić information content (AvgIpc) is 3.47. The van der Waals surface area contributed by atoms with Gasteiger partial charge >= 0.3 is 0 Å². The first-order valence-corrected chi connectivity index (χ1v) is 13.7. The maximum absolute atomic E-state index is 13.3. The van der Waals surface area contributed by atoms with E-state index >= 15 is 0 Å². The molecular weight excluding hydrogens is 494 g/mol. The van der Waals surface area contributed by atoms with E-state index in [1.165, 1.54) is 0 Å². The molecule has 1 fully saturated rings. The van der Waals surface area contributed by atoms with Gasteiger partial charge in [0, 0.05) is 29.9 Å². The number of nitrogens with one attached hydrogen (secondary N) is 2. The van der Waals surface area contributed by atoms with E-state index in [0.29, 0.717) is 36.8 Å². The van der Waals surface area contributed by atoms with Crippen molar-refractivity contribution in [3.63, 3.8) is 0 Å². The van der Waals surface area contributed by atoms with Gasteiger partial charge < -0.3 is 5.32 Å². The molecule has 0 aliphatic heterocycles. The smallest absolute Gasteiger partial charge is 0.258 e. The number of carbonyl (C=O) groups is 2. The molecule has 5 aromatic rings. The van der Waals surface area contributed by atoms with Gasteiger partial charge in [0.2, 0.25) is 11.9 Å². The number of fused-ring (bicyclic) bond motifs is 1. The monoisotopic (exact) mass is 521 g/mol. The molecule has 0 atom stereocenters. The molecule has 0 bridgehead atoms. The zero-order valence-electron chi connectivity index (χ0n) is 20.8. The van der Waals surface area contributed by atoms with Crippen molar-refractivity contribution in [3.05, 3.63) is 95.8 Å². The summed E-state index contributed by atoms with van der Waals surface area (Å²) in [4.78, 5) is 34.5. The van der Waals surface area contributed by atoms with Crippen molar-refractivity contribution in [1.29, 1.82) is 0 Å². The number of carbonyl (C=O) groups excluding carboxylic acids is 2. The number of rotatable bonds is 9. The minimum Gasteiger partial charge on any atom is -0.353 e. The molecule has 190 valence electrons. The Morgan fingerprint density at radius 3 is 2.66 bits per heavy atom. The molecule has 0 unspecified atom stereocenters. The van der Waals surface area contributed by atoms with Crippen LogP contribution in [0.15, 0.2) is 84.5 Å². The first kappa shape index (κ1) is 24.1. The molecule has 0 saturated heterocycles. The van der Waals surface area contributed by atoms with E-state index in [2.05, 4.69) is 27.8 Å². The van der Waals surface area contributed by atoms with Crippen LogP contribution in [0.3, 0.4) is 0 Å². The molecule has 7 nitrogen and oxygen atoms in total. The van der Waals surface area contributed by atoms with Gasteiger partial charge in [-0.1, -0.05) is 36.4 Å². The Kier molecular flexibility index (Phi) is 6.71. The number of para-hydroxylation sites is 1. The van der Waals surface area contributed by atoms with Gasteiger partial charge in [0.15, 0.2) is 0 Å². The van der Waals surface area contributed by atoms with Crippen LogP contribution in [0.2, 0.25) is 0 Å². The third kappa shape index (κ3) is 5.50. The van der Waals surface area contributed by atoms with Crippen LogP contribution in [-0.2, 0) is 11.2 Å². The van der Waals surface area contributed by atoms with Crippen LogP contribution in [0.5, 0.6) is 0 Å². The van der Waals surface area contributed by atoms with E-state index in [9.17, 15) is 9.59 Å². The molecule has 2 N–H and O–H groups in total. The number of aromatic nitrogens is 3. The Hall–Kier alpha value is -4.30. The molecule has 0 spiro atoms. The Morgan fingerprint density at radius 2 is 1.82 bits per heavy atom. The van der Waals surface area contributed by atoms with Gasteiger partial charge in [0.05, 0.1) is 21.4 Å². The highest BCUT2D eigenvalue weighted by Crippen LogP contribution is 2.27. The van der Waals surface area contributed by atoms with Crippen LogP contribution in [-0.4, -0.2) is 32.4 Å². The fourth-order valence-electron chi connectivity index (χ4n) is 4.43. The van der Waals surface area contributed by atoms with Crippen LogP contribution in [0.4, 0.5) is 5.95 Å². The largest absolute Gasteiger partial charge is 0.353 e. The molecule has 1 saturated carbocycles. The lowest BCUT2D eigenvalue weighted by molar-refractivity contribution is -0.121. The Bertz CT molecular complexity index is 1600. The fourth-order valence-corrected chi connectivity index (χ4v) is 5.09. The lowest BCUT2D eigenvalue weighted by Crippen LogP contribution is -2.25. The number of imidazole rings is 1. The summed E-state index contributed by atoms with van der Waals surface area (Å²) in [5, 5.41) is 6.03. The predicted molar refractivity (Wildman–Crippen MR) is 151 cm³/mol. The summed E-state index contributed by atoms with van der Waals surface area (Å²) in [7, 11) is 0. The van der Waals surface area contributed by atoms with Gasteiger partial charge in [-0.3, -0.25) is 19.5 Å². The molecule has 0 radical (unpaired) electrons. The minimum atomic E-state index is -0.236. The normalized spacial score (nSPS) is 12.9. The second kappa shape index (κ2) is 10.6. The van der Waals surface area contributed by atoms with Crippen molar-refractivity contribution in [2.24, 2.45) is 0 Å². The van der Waals surface area contributed by atoms with Crippen LogP contribution in [0.1, 0.15) is 41.7 Å². The molecule has 2 amide bonds. The maximum Gasteiger partial charge on any atom is 0.258 e. The van der Waals surface area contributed by atoms with E-state index in [-0.39, 0.29) is 11.8 Å². The standard InChI is InChI=1S/C30H27N5O2S/c36-28(32-23-13-14-23)11-5-8-24-18-35(25-9-2-1-3-10-25)30(33-24)34-29(37)22-7-4-6-20(16-22)21-12-15-27-26(17-21)31-19-38-27/h1-4,6-7,9-10,12,15-19,23H,5,8,11,13-14H2,(H,32,36)(H,33,34,37). The van der Waals surface area contributed by atoms with E-state index in [1.807, 2.05) is 70.9 Å². The number of amides is 2. The highest BCUT2D eigenvalue weighted by molar-refractivity contribution is 7.16. The van der Waals surface area contributed by atoms with Gasteiger partial charge in [-0.05, 0) is 73.2 Å². The molecule has 8 heteroatoms. The van der Waals surface area contributed by atoms with Crippen LogP contribution in [0, 0.1) is 0 Å². The summed E-state index contributed by atoms with van der Waals surface area (Å²) in [6.45, 7) is 0. The van der Waals surface area contributed by atoms with Crippen molar-refractivity contribution >= 4 is 39.3 Å². The number of anilines is 1. The number of benzene rings is 3. The zero-order chi connectivity index (χ0) is 25.9. The SMILES string of the molecule is O=C(CCCc1cn(-c2ccccc2)c(NC(=O)c2cccc(-c3ccc4scnc4c3)c2)n1)NC1CC1. The van der Waals surface area contributed by atoms with Gasteiger partial charge in [0.25, 0.3) is 5.91 Å². The maximum atomic E-state index is 13.3. The lowest BCUT2D eigenvalue weighted by Gasteiger charge is -2.10. The number of thiazole rings is 1. The topological polar surface area (TPSA) is 88.9 Å². The van der Waals surface area contributed by atoms with E-state index in [4.69, 9.17) is 4.98 Å². The molecule has 6 rings (SSSR count). The van der Waals surface area contributed by atoms with Crippen LogP contribution >= 0.6 is 11.3 Å². The number of hydrogen-bond acceptors (Lipinski definition) is 5. The van der Waals surface area contributed by atoms with Crippen molar-refractivity contribution in [2.45, 2.75) is 38.1 Å². The van der Waals surface area contributed by atoms with Crippen LogP contribution < -0.4 is 10.6 Å². The van der Waals surface area contributed by atoms with Gasteiger partial charge in [-0.2, -0.15) is 0 Å². The quantitative estimate of drug-likeness (QED) is 0.249. The van der Waals surface area contributed by atoms with Crippen LogP contribution in [0.25, 0.3) is 27.0 Å². The molecule has 2 heterocycles. The lowest BCUT2D eigenvalue weighted by atomic mass is 10.0. The third-order valence-corrected chi connectivity index (χ3v) is 7.39. The van der Waals surface area contributed by atoms with Crippen molar-refractivity contribution in [3.8, 4) is 16.8 Å². The summed E-state index contributed by atoms with van der Waals surface area (Å²) in [5.74, 6) is 0.310. The first-order valence-electron chi connectivity index (χ1n) is 12.8. The first-order chi connectivity index (χ1) is 18.6. The van der Waals surface area contributed by atoms with Gasteiger partial charge in [-0.15, -0.1) is 11.3 Å². The number of nitrogens with zero attached hydrogens (tertiary/aromatic N) is 3. The predicted octanol–water partition coefficient (Wildman–Crippen LogP) is 6.00.